The molecule has 0 fully saturated rings. The van der Waals surface area contributed by atoms with Gasteiger partial charge in [-0.15, -0.1) is 0 Å². The van der Waals surface area contributed by atoms with Crippen LogP contribution in [-0.2, 0) is 9.59 Å². The quantitative estimate of drug-likeness (QED) is 0.0355. The van der Waals surface area contributed by atoms with E-state index in [4.69, 9.17) is 11.5 Å². The first-order valence-corrected chi connectivity index (χ1v) is 18.1. The fourth-order valence-corrected chi connectivity index (χ4v) is 5.47. The molecule has 0 heterocycles. The SMILES string of the molecule is CCCCCCCCCCCCCCCCCCCCCC(=O)NC(CCCN=C(N)N)C(=O)NCCCCCCC. The van der Waals surface area contributed by atoms with Gasteiger partial charge in [0.25, 0.3) is 0 Å². The second-order valence-electron chi connectivity index (χ2n) is 12.4. The van der Waals surface area contributed by atoms with Gasteiger partial charge in [-0.2, -0.15) is 0 Å². The van der Waals surface area contributed by atoms with Crippen LogP contribution in [0, 0.1) is 0 Å². The predicted octanol–water partition coefficient (Wildman–Crippen LogP) is 8.43. The Morgan fingerprint density at radius 1 is 0.571 bits per heavy atom. The highest BCUT2D eigenvalue weighted by Gasteiger charge is 2.19. The van der Waals surface area contributed by atoms with Crippen molar-refractivity contribution in [1.29, 1.82) is 0 Å². The number of hydrogen-bond donors (Lipinski definition) is 4. The standard InChI is InChI=1S/C35H71N5O2/c1-3-5-7-9-10-11-12-13-14-15-16-17-18-19-20-21-22-23-25-29-33(41)40-32(28-27-31-39-35(36)37)34(42)38-30-26-24-8-6-4-2/h32H,3-31H2,1-2H3,(H,38,42)(H,40,41)(H4,36,37,39). The third-order valence-electron chi connectivity index (χ3n) is 8.18. The van der Waals surface area contributed by atoms with Gasteiger partial charge in [-0.1, -0.05) is 155 Å². The van der Waals surface area contributed by atoms with Crippen molar-refractivity contribution in [1.82, 2.24) is 10.6 Å². The van der Waals surface area contributed by atoms with Gasteiger partial charge in [-0.25, -0.2) is 0 Å². The fraction of sp³-hybridized carbons (Fsp3) is 0.914. The van der Waals surface area contributed by atoms with E-state index in [1.807, 2.05) is 0 Å². The lowest BCUT2D eigenvalue weighted by molar-refractivity contribution is -0.129. The van der Waals surface area contributed by atoms with Crippen molar-refractivity contribution in [3.63, 3.8) is 0 Å². The van der Waals surface area contributed by atoms with Crippen LogP contribution in [0.5, 0.6) is 0 Å². The van der Waals surface area contributed by atoms with Gasteiger partial charge in [0.2, 0.25) is 11.8 Å². The minimum absolute atomic E-state index is 0.0353. The molecular weight excluding hydrogens is 522 g/mol. The normalized spacial score (nSPS) is 11.8. The molecule has 0 aliphatic rings. The summed E-state index contributed by atoms with van der Waals surface area (Å²) < 4.78 is 0. The zero-order valence-corrected chi connectivity index (χ0v) is 28.0. The maximum absolute atomic E-state index is 12.7. The summed E-state index contributed by atoms with van der Waals surface area (Å²) >= 11 is 0. The number of hydrogen-bond acceptors (Lipinski definition) is 3. The van der Waals surface area contributed by atoms with E-state index in [9.17, 15) is 9.59 Å². The van der Waals surface area contributed by atoms with Crippen LogP contribution >= 0.6 is 0 Å². The van der Waals surface area contributed by atoms with Gasteiger partial charge < -0.3 is 22.1 Å². The lowest BCUT2D eigenvalue weighted by Crippen LogP contribution is -2.47. The van der Waals surface area contributed by atoms with Gasteiger partial charge in [0.1, 0.15) is 6.04 Å². The molecule has 0 aromatic carbocycles. The molecule has 7 nitrogen and oxygen atoms in total. The van der Waals surface area contributed by atoms with Crippen molar-refractivity contribution in [2.75, 3.05) is 13.1 Å². The first-order valence-electron chi connectivity index (χ1n) is 18.1. The van der Waals surface area contributed by atoms with Gasteiger partial charge >= 0.3 is 0 Å². The molecule has 42 heavy (non-hydrogen) atoms. The third kappa shape index (κ3) is 29.7. The summed E-state index contributed by atoms with van der Waals surface area (Å²) in [7, 11) is 0. The van der Waals surface area contributed by atoms with Crippen molar-refractivity contribution < 1.29 is 9.59 Å². The fourth-order valence-electron chi connectivity index (χ4n) is 5.47. The minimum Gasteiger partial charge on any atom is -0.370 e. The number of amides is 2. The molecule has 0 aliphatic carbocycles. The topological polar surface area (TPSA) is 123 Å². The van der Waals surface area contributed by atoms with Crippen LogP contribution in [0.15, 0.2) is 4.99 Å². The predicted molar refractivity (Wildman–Crippen MR) is 182 cm³/mol. The Morgan fingerprint density at radius 2 is 0.976 bits per heavy atom. The van der Waals surface area contributed by atoms with Crippen LogP contribution in [0.1, 0.15) is 187 Å². The van der Waals surface area contributed by atoms with Crippen molar-refractivity contribution >= 4 is 17.8 Å². The highest BCUT2D eigenvalue weighted by molar-refractivity contribution is 5.87. The first-order chi connectivity index (χ1) is 20.5. The number of rotatable bonds is 32. The Bertz CT molecular complexity index is 637. The van der Waals surface area contributed by atoms with Gasteiger partial charge in [0.15, 0.2) is 5.96 Å². The maximum Gasteiger partial charge on any atom is 0.242 e. The summed E-state index contributed by atoms with van der Waals surface area (Å²) in [5.41, 5.74) is 10.8. The van der Waals surface area contributed by atoms with Crippen LogP contribution in [0.2, 0.25) is 0 Å². The Balaban J connectivity index is 3.83. The molecule has 0 spiro atoms. The number of aliphatic imine (C=N–C) groups is 1. The third-order valence-corrected chi connectivity index (χ3v) is 8.18. The average Bonchev–Trinajstić information content (AvgIpc) is 2.97. The summed E-state index contributed by atoms with van der Waals surface area (Å²) in [5, 5.41) is 5.97. The van der Waals surface area contributed by atoms with E-state index in [1.165, 1.54) is 128 Å². The largest absolute Gasteiger partial charge is 0.370 e. The van der Waals surface area contributed by atoms with E-state index in [2.05, 4.69) is 29.5 Å². The zero-order chi connectivity index (χ0) is 30.9. The van der Waals surface area contributed by atoms with Crippen molar-refractivity contribution in [3.8, 4) is 0 Å². The molecule has 0 saturated heterocycles. The Morgan fingerprint density at radius 3 is 1.40 bits per heavy atom. The lowest BCUT2D eigenvalue weighted by Gasteiger charge is -2.18. The smallest absolute Gasteiger partial charge is 0.242 e. The lowest BCUT2D eigenvalue weighted by atomic mass is 10.0. The van der Waals surface area contributed by atoms with E-state index in [0.717, 1.165) is 25.7 Å². The van der Waals surface area contributed by atoms with Crippen LogP contribution in [0.4, 0.5) is 0 Å². The molecule has 2 amide bonds. The number of nitrogens with two attached hydrogens (primary N) is 2. The van der Waals surface area contributed by atoms with E-state index in [1.54, 1.807) is 0 Å². The molecular formula is C35H71N5O2. The number of unbranched alkanes of at least 4 members (excludes halogenated alkanes) is 22. The van der Waals surface area contributed by atoms with E-state index < -0.39 is 6.04 Å². The van der Waals surface area contributed by atoms with Crippen LogP contribution in [0.25, 0.3) is 0 Å². The molecule has 0 radical (unpaired) electrons. The summed E-state index contributed by atoms with van der Waals surface area (Å²) in [5.74, 6) is -0.0833. The monoisotopic (exact) mass is 594 g/mol. The number of nitrogens with one attached hydrogen (secondary N) is 2. The van der Waals surface area contributed by atoms with Crippen LogP contribution in [-0.4, -0.2) is 36.9 Å². The molecule has 1 unspecified atom stereocenters. The van der Waals surface area contributed by atoms with Crippen molar-refractivity contribution in [2.45, 2.75) is 193 Å². The van der Waals surface area contributed by atoms with Gasteiger partial charge in [0.05, 0.1) is 0 Å². The summed E-state index contributed by atoms with van der Waals surface area (Å²) in [6.45, 7) is 5.59. The van der Waals surface area contributed by atoms with Gasteiger partial charge in [0, 0.05) is 19.5 Å². The average molecular weight is 594 g/mol. The number of carbonyl (C=O) groups excluding carboxylic acids is 2. The van der Waals surface area contributed by atoms with Crippen molar-refractivity contribution in [2.24, 2.45) is 16.5 Å². The van der Waals surface area contributed by atoms with Crippen LogP contribution < -0.4 is 22.1 Å². The second-order valence-corrected chi connectivity index (χ2v) is 12.4. The highest BCUT2D eigenvalue weighted by atomic mass is 16.2. The molecule has 0 aromatic rings. The molecule has 6 N–H and O–H groups in total. The minimum atomic E-state index is -0.525. The van der Waals surface area contributed by atoms with Crippen molar-refractivity contribution in [3.05, 3.63) is 0 Å². The summed E-state index contributed by atoms with van der Waals surface area (Å²) in [6.07, 6.45) is 32.8. The van der Waals surface area contributed by atoms with E-state index >= 15 is 0 Å². The highest BCUT2D eigenvalue weighted by Crippen LogP contribution is 2.15. The van der Waals surface area contributed by atoms with Crippen LogP contribution in [0.3, 0.4) is 0 Å². The van der Waals surface area contributed by atoms with Gasteiger partial charge in [-0.05, 0) is 25.7 Å². The zero-order valence-electron chi connectivity index (χ0n) is 28.0. The molecule has 1 atom stereocenters. The Labute approximate surface area is 260 Å². The first kappa shape index (κ1) is 40.2. The van der Waals surface area contributed by atoms with E-state index in [0.29, 0.717) is 32.4 Å². The number of nitrogens with zero attached hydrogens (tertiary/aromatic N) is 1. The summed E-state index contributed by atoms with van der Waals surface area (Å²) in [6, 6.07) is -0.525. The molecule has 0 rings (SSSR count). The molecule has 0 bridgehead atoms. The second kappa shape index (κ2) is 32.1. The molecule has 0 aliphatic heterocycles. The molecule has 7 heteroatoms. The number of carbonyl (C=O) groups is 2. The Kier molecular flexibility index (Phi) is 30.8. The van der Waals surface area contributed by atoms with Gasteiger partial charge in [-0.3, -0.25) is 14.6 Å². The summed E-state index contributed by atoms with van der Waals surface area (Å²) in [4.78, 5) is 29.3. The maximum atomic E-state index is 12.7. The Hall–Kier alpha value is -1.79. The molecule has 0 saturated carbocycles. The van der Waals surface area contributed by atoms with E-state index in [-0.39, 0.29) is 17.8 Å². The molecule has 248 valence electrons. The number of guanidine groups is 1. The molecule has 0 aromatic heterocycles.